The maximum Gasteiger partial charge on any atom is 0.189 e. The van der Waals surface area contributed by atoms with Crippen molar-refractivity contribution in [3.05, 3.63) is 29.8 Å². The van der Waals surface area contributed by atoms with E-state index in [1.165, 1.54) is 0 Å². The Kier molecular flexibility index (Phi) is 5.85. The van der Waals surface area contributed by atoms with Gasteiger partial charge < -0.3 is 10.1 Å². The predicted octanol–water partition coefficient (Wildman–Crippen LogP) is 2.70. The third kappa shape index (κ3) is 3.73. The number of rotatable bonds is 5. The van der Waals surface area contributed by atoms with E-state index in [0.29, 0.717) is 18.9 Å². The molecule has 1 aromatic carbocycles. The van der Waals surface area contributed by atoms with Gasteiger partial charge in [-0.3, -0.25) is 4.79 Å². The minimum absolute atomic E-state index is 0.0544. The molecule has 1 N–H and O–H groups in total. The Bertz CT molecular complexity index is 742. The van der Waals surface area contributed by atoms with E-state index < -0.39 is 15.1 Å². The van der Waals surface area contributed by atoms with Gasteiger partial charge in [-0.1, -0.05) is 26.0 Å². The van der Waals surface area contributed by atoms with Crippen LogP contribution in [0.15, 0.2) is 29.2 Å². The van der Waals surface area contributed by atoms with Gasteiger partial charge in [0.1, 0.15) is 5.25 Å². The van der Waals surface area contributed by atoms with E-state index in [2.05, 4.69) is 19.2 Å². The van der Waals surface area contributed by atoms with Crippen molar-refractivity contribution in [2.24, 2.45) is 5.92 Å². The van der Waals surface area contributed by atoms with Gasteiger partial charge in [0.2, 0.25) is 0 Å². The molecule has 5 nitrogen and oxygen atoms in total. The smallest absolute Gasteiger partial charge is 0.189 e. The lowest BCUT2D eigenvalue weighted by molar-refractivity contribution is -0.128. The quantitative estimate of drug-likeness (QED) is 0.852. The van der Waals surface area contributed by atoms with Crippen LogP contribution in [0, 0.1) is 5.92 Å². The largest absolute Gasteiger partial charge is 0.378 e. The van der Waals surface area contributed by atoms with E-state index >= 15 is 0 Å². The zero-order valence-corrected chi connectivity index (χ0v) is 16.6. The Hall–Kier alpha value is -1.24. The van der Waals surface area contributed by atoms with Crippen molar-refractivity contribution in [1.29, 1.82) is 0 Å². The average Bonchev–Trinajstić information content (AvgIpc) is 2.62. The molecule has 1 aromatic rings. The van der Waals surface area contributed by atoms with Crippen molar-refractivity contribution in [3.8, 4) is 0 Å². The van der Waals surface area contributed by atoms with Crippen molar-refractivity contribution >= 4 is 15.6 Å². The van der Waals surface area contributed by atoms with Gasteiger partial charge in [0.15, 0.2) is 15.6 Å². The molecule has 1 saturated carbocycles. The van der Waals surface area contributed by atoms with Gasteiger partial charge in [0.25, 0.3) is 0 Å². The van der Waals surface area contributed by atoms with E-state index in [9.17, 15) is 13.2 Å². The summed E-state index contributed by atoms with van der Waals surface area (Å²) in [6, 6.07) is 7.02. The van der Waals surface area contributed by atoms with E-state index in [0.717, 1.165) is 18.4 Å². The van der Waals surface area contributed by atoms with Gasteiger partial charge in [-0.2, -0.15) is 0 Å². The molecule has 1 heterocycles. The first-order valence-electron chi connectivity index (χ1n) is 9.57. The highest BCUT2D eigenvalue weighted by Crippen LogP contribution is 2.33. The fourth-order valence-electron chi connectivity index (χ4n) is 4.14. The molecule has 1 aliphatic carbocycles. The van der Waals surface area contributed by atoms with E-state index in [-0.39, 0.29) is 35.3 Å². The van der Waals surface area contributed by atoms with Crippen molar-refractivity contribution in [3.63, 3.8) is 0 Å². The first kappa shape index (κ1) is 19.5. The molecule has 26 heavy (non-hydrogen) atoms. The number of fused-ring (bicyclic) bond motifs is 1. The number of Topliss-reactive ketones (excluding diaryl/α,β-unsaturated/α-hetero) is 1. The molecule has 2 fully saturated rings. The molecule has 1 aliphatic heterocycles. The predicted molar refractivity (Wildman–Crippen MR) is 101 cm³/mol. The maximum absolute atomic E-state index is 13.1. The van der Waals surface area contributed by atoms with Gasteiger partial charge in [0.05, 0.1) is 11.0 Å². The van der Waals surface area contributed by atoms with Crippen LogP contribution in [-0.4, -0.2) is 44.7 Å². The molecule has 0 radical (unpaired) electrons. The van der Waals surface area contributed by atoms with Crippen LogP contribution in [0.3, 0.4) is 0 Å². The second-order valence-electron chi connectivity index (χ2n) is 7.67. The normalized spacial score (nSPS) is 29.6. The summed E-state index contributed by atoms with van der Waals surface area (Å²) in [5.41, 5.74) is 1.09. The summed E-state index contributed by atoms with van der Waals surface area (Å²) in [6.07, 6.45) is 2.45. The molecule has 1 saturated heterocycles. The van der Waals surface area contributed by atoms with Crippen LogP contribution in [0.1, 0.15) is 51.5 Å². The lowest BCUT2D eigenvalue weighted by Crippen LogP contribution is -2.58. The van der Waals surface area contributed by atoms with Crippen LogP contribution in [0.5, 0.6) is 0 Å². The summed E-state index contributed by atoms with van der Waals surface area (Å²) in [6.45, 7) is 6.90. The molecule has 4 unspecified atom stereocenters. The number of carbonyl (C=O) groups excluding carboxylic acids is 1. The number of carbonyl (C=O) groups is 1. The molecule has 4 atom stereocenters. The second-order valence-corrected chi connectivity index (χ2v) is 9.80. The summed E-state index contributed by atoms with van der Waals surface area (Å²) in [5, 5.41) is 2.31. The van der Waals surface area contributed by atoms with Crippen LogP contribution >= 0.6 is 0 Å². The van der Waals surface area contributed by atoms with Crippen LogP contribution in [0.25, 0.3) is 0 Å². The first-order valence-corrected chi connectivity index (χ1v) is 11.1. The molecular formula is C20H29NO4S. The Morgan fingerprint density at radius 1 is 1.19 bits per heavy atom. The van der Waals surface area contributed by atoms with Gasteiger partial charge in [-0.05, 0) is 49.8 Å². The zero-order chi connectivity index (χ0) is 18.9. The molecule has 0 amide bonds. The van der Waals surface area contributed by atoms with Gasteiger partial charge >= 0.3 is 0 Å². The molecule has 0 aromatic heterocycles. The monoisotopic (exact) mass is 379 g/mol. The molecule has 3 rings (SSSR count). The Labute approximate surface area is 156 Å². The number of benzene rings is 1. The number of hydrogen-bond donors (Lipinski definition) is 1. The fourth-order valence-corrected chi connectivity index (χ4v) is 5.79. The second kappa shape index (κ2) is 7.79. The SMILES string of the molecule is CCOC1CCC2NCC(S(=O)(=O)c3ccc(C(C)C)cc3)C(=O)C2C1. The summed E-state index contributed by atoms with van der Waals surface area (Å²) in [7, 11) is -3.69. The van der Waals surface area contributed by atoms with Crippen molar-refractivity contribution in [2.75, 3.05) is 13.2 Å². The van der Waals surface area contributed by atoms with E-state index in [1.807, 2.05) is 19.1 Å². The fraction of sp³-hybridized carbons (Fsp3) is 0.650. The summed E-state index contributed by atoms with van der Waals surface area (Å²) < 4.78 is 31.8. The van der Waals surface area contributed by atoms with Gasteiger partial charge in [-0.15, -0.1) is 0 Å². The minimum Gasteiger partial charge on any atom is -0.378 e. The summed E-state index contributed by atoms with van der Waals surface area (Å²) in [4.78, 5) is 13.3. The zero-order valence-electron chi connectivity index (χ0n) is 15.8. The lowest BCUT2D eigenvalue weighted by Gasteiger charge is -2.41. The lowest BCUT2D eigenvalue weighted by atomic mass is 9.77. The first-order chi connectivity index (χ1) is 12.3. The standard InChI is InChI=1S/C20H29NO4S/c1-4-25-15-7-10-18-17(11-15)20(22)19(12-21-18)26(23,24)16-8-5-14(6-9-16)13(2)3/h5-6,8-9,13,15,17-19,21H,4,7,10-12H2,1-3H3. The molecule has 0 bridgehead atoms. The van der Waals surface area contributed by atoms with Crippen LogP contribution in [0.4, 0.5) is 0 Å². The van der Waals surface area contributed by atoms with Crippen molar-refractivity contribution in [2.45, 2.75) is 68.2 Å². The number of hydrogen-bond acceptors (Lipinski definition) is 5. The van der Waals surface area contributed by atoms with Gasteiger partial charge in [-0.25, -0.2) is 8.42 Å². The minimum atomic E-state index is -3.69. The number of nitrogens with one attached hydrogen (secondary N) is 1. The Balaban J connectivity index is 1.80. The highest BCUT2D eigenvalue weighted by molar-refractivity contribution is 7.92. The molecule has 144 valence electrons. The van der Waals surface area contributed by atoms with Crippen LogP contribution in [-0.2, 0) is 19.4 Å². The number of sulfone groups is 1. The third-order valence-corrected chi connectivity index (χ3v) is 7.78. The molecule has 6 heteroatoms. The molecule has 2 aliphatic rings. The summed E-state index contributed by atoms with van der Waals surface area (Å²) in [5.74, 6) is -0.0851. The van der Waals surface area contributed by atoms with Crippen LogP contribution in [0.2, 0.25) is 0 Å². The number of ketones is 1. The highest BCUT2D eigenvalue weighted by Gasteiger charge is 2.46. The number of ether oxygens (including phenoxy) is 1. The van der Waals surface area contributed by atoms with E-state index in [1.54, 1.807) is 12.1 Å². The molecule has 0 spiro atoms. The molecular weight excluding hydrogens is 350 g/mol. The van der Waals surface area contributed by atoms with Crippen LogP contribution < -0.4 is 5.32 Å². The van der Waals surface area contributed by atoms with Crippen molar-refractivity contribution in [1.82, 2.24) is 5.32 Å². The summed E-state index contributed by atoms with van der Waals surface area (Å²) >= 11 is 0. The van der Waals surface area contributed by atoms with Crippen molar-refractivity contribution < 1.29 is 17.9 Å². The number of piperidine rings is 1. The Morgan fingerprint density at radius 2 is 1.88 bits per heavy atom. The maximum atomic E-state index is 13.1. The third-order valence-electron chi connectivity index (χ3n) is 5.70. The Morgan fingerprint density at radius 3 is 2.50 bits per heavy atom. The average molecular weight is 380 g/mol. The van der Waals surface area contributed by atoms with E-state index in [4.69, 9.17) is 4.74 Å². The van der Waals surface area contributed by atoms with Gasteiger partial charge in [0, 0.05) is 25.1 Å². The topological polar surface area (TPSA) is 72.5 Å². The highest BCUT2D eigenvalue weighted by atomic mass is 32.2.